The third kappa shape index (κ3) is 3.54. The zero-order valence-corrected chi connectivity index (χ0v) is 14.8. The van der Waals surface area contributed by atoms with Crippen LogP contribution in [0.1, 0.15) is 17.5 Å². The van der Waals surface area contributed by atoms with Gasteiger partial charge in [0.2, 0.25) is 10.0 Å². The lowest BCUT2D eigenvalue weighted by molar-refractivity contribution is -0.388. The van der Waals surface area contributed by atoms with Crippen molar-refractivity contribution in [3.05, 3.63) is 33.4 Å². The van der Waals surface area contributed by atoms with E-state index in [0.717, 1.165) is 25.1 Å². The van der Waals surface area contributed by atoms with E-state index in [4.69, 9.17) is 0 Å². The molecule has 0 bridgehead atoms. The molecular weight excluding hydrogens is 318 g/mol. The second kappa shape index (κ2) is 6.54. The highest BCUT2D eigenvalue weighted by molar-refractivity contribution is 7.89. The van der Waals surface area contributed by atoms with Crippen molar-refractivity contribution in [2.75, 3.05) is 33.7 Å². The predicted octanol–water partition coefficient (Wildman–Crippen LogP) is 1.78. The molecule has 0 amide bonds. The Morgan fingerprint density at radius 1 is 1.39 bits per heavy atom. The summed E-state index contributed by atoms with van der Waals surface area (Å²) in [5, 5.41) is 11.3. The SMILES string of the molecule is Cc1ccc([N+](=O)[O-])c(S(=O)(=O)N(C)C[C@H]2CCN(C)C2)c1C. The Morgan fingerprint density at radius 3 is 2.57 bits per heavy atom. The lowest BCUT2D eigenvalue weighted by atomic mass is 10.1. The molecule has 0 saturated carbocycles. The summed E-state index contributed by atoms with van der Waals surface area (Å²) >= 11 is 0. The van der Waals surface area contributed by atoms with Crippen LogP contribution < -0.4 is 0 Å². The van der Waals surface area contributed by atoms with Gasteiger partial charge in [-0.25, -0.2) is 12.7 Å². The average molecular weight is 341 g/mol. The van der Waals surface area contributed by atoms with Gasteiger partial charge in [-0.15, -0.1) is 0 Å². The quantitative estimate of drug-likeness (QED) is 0.602. The number of likely N-dealkylation sites (tertiary alicyclic amines) is 1. The molecule has 1 aliphatic heterocycles. The molecule has 0 aliphatic carbocycles. The zero-order valence-electron chi connectivity index (χ0n) is 13.9. The molecule has 1 aromatic carbocycles. The molecule has 1 atom stereocenters. The van der Waals surface area contributed by atoms with Gasteiger partial charge >= 0.3 is 0 Å². The number of nitrogens with zero attached hydrogens (tertiary/aromatic N) is 3. The van der Waals surface area contributed by atoms with Crippen molar-refractivity contribution < 1.29 is 13.3 Å². The highest BCUT2D eigenvalue weighted by Crippen LogP contribution is 2.32. The minimum atomic E-state index is -3.90. The molecule has 0 N–H and O–H groups in total. The molecule has 1 heterocycles. The van der Waals surface area contributed by atoms with Gasteiger partial charge in [-0.1, -0.05) is 6.07 Å². The van der Waals surface area contributed by atoms with Crippen molar-refractivity contribution in [1.29, 1.82) is 0 Å². The molecule has 23 heavy (non-hydrogen) atoms. The van der Waals surface area contributed by atoms with Crippen molar-refractivity contribution in [2.24, 2.45) is 5.92 Å². The van der Waals surface area contributed by atoms with Crippen molar-refractivity contribution in [1.82, 2.24) is 9.21 Å². The van der Waals surface area contributed by atoms with Crippen LogP contribution in [0.3, 0.4) is 0 Å². The number of hydrogen-bond acceptors (Lipinski definition) is 5. The van der Waals surface area contributed by atoms with E-state index in [-0.39, 0.29) is 16.5 Å². The Bertz CT molecular complexity index is 718. The minimum absolute atomic E-state index is 0.184. The summed E-state index contributed by atoms with van der Waals surface area (Å²) in [4.78, 5) is 12.6. The first-order chi connectivity index (χ1) is 10.6. The van der Waals surface area contributed by atoms with Gasteiger partial charge in [-0.2, -0.15) is 0 Å². The van der Waals surface area contributed by atoms with E-state index in [0.29, 0.717) is 12.1 Å². The number of rotatable bonds is 5. The Hall–Kier alpha value is -1.51. The van der Waals surface area contributed by atoms with Crippen molar-refractivity contribution in [2.45, 2.75) is 25.2 Å². The monoisotopic (exact) mass is 341 g/mol. The Morgan fingerprint density at radius 2 is 2.04 bits per heavy atom. The van der Waals surface area contributed by atoms with E-state index in [1.807, 2.05) is 7.05 Å². The topological polar surface area (TPSA) is 83.8 Å². The summed E-state index contributed by atoms with van der Waals surface area (Å²) in [5.41, 5.74) is 0.807. The third-order valence-corrected chi connectivity index (χ3v) is 6.53. The van der Waals surface area contributed by atoms with Gasteiger partial charge in [0, 0.05) is 26.2 Å². The van der Waals surface area contributed by atoms with Gasteiger partial charge in [0.05, 0.1) is 4.92 Å². The van der Waals surface area contributed by atoms with E-state index in [9.17, 15) is 18.5 Å². The van der Waals surface area contributed by atoms with Crippen LogP contribution in [0.2, 0.25) is 0 Å². The van der Waals surface area contributed by atoms with Crippen molar-refractivity contribution >= 4 is 15.7 Å². The molecule has 0 unspecified atom stereocenters. The molecule has 7 nitrogen and oxygen atoms in total. The van der Waals surface area contributed by atoms with Crippen LogP contribution in [0.5, 0.6) is 0 Å². The van der Waals surface area contributed by atoms with Crippen molar-refractivity contribution in [3.63, 3.8) is 0 Å². The van der Waals surface area contributed by atoms with Gasteiger partial charge < -0.3 is 4.90 Å². The van der Waals surface area contributed by atoms with Gasteiger partial charge in [0.15, 0.2) is 4.90 Å². The number of nitro groups is 1. The fourth-order valence-electron chi connectivity index (χ4n) is 3.04. The summed E-state index contributed by atoms with van der Waals surface area (Å²) in [6, 6.07) is 2.85. The second-order valence-electron chi connectivity index (χ2n) is 6.32. The van der Waals surface area contributed by atoms with Gasteiger partial charge in [-0.3, -0.25) is 10.1 Å². The van der Waals surface area contributed by atoms with Crippen LogP contribution in [0, 0.1) is 29.9 Å². The lowest BCUT2D eigenvalue weighted by Crippen LogP contribution is -2.33. The van der Waals surface area contributed by atoms with E-state index in [1.54, 1.807) is 19.9 Å². The number of hydrogen-bond donors (Lipinski definition) is 0. The maximum atomic E-state index is 12.9. The van der Waals surface area contributed by atoms with Crippen molar-refractivity contribution in [3.8, 4) is 0 Å². The first-order valence-electron chi connectivity index (χ1n) is 7.54. The van der Waals surface area contributed by atoms with E-state index < -0.39 is 14.9 Å². The number of sulfonamides is 1. The van der Waals surface area contributed by atoms with Gasteiger partial charge in [-0.05, 0) is 50.9 Å². The first-order valence-corrected chi connectivity index (χ1v) is 8.98. The molecule has 0 aromatic heterocycles. The normalized spacial score (nSPS) is 19.4. The van der Waals surface area contributed by atoms with Crippen LogP contribution >= 0.6 is 0 Å². The summed E-state index contributed by atoms with van der Waals surface area (Å²) in [7, 11) is -0.396. The largest absolute Gasteiger partial charge is 0.306 e. The molecule has 2 rings (SSSR count). The summed E-state index contributed by atoms with van der Waals surface area (Å²) in [5.74, 6) is 0.254. The Balaban J connectivity index is 2.39. The van der Waals surface area contributed by atoms with E-state index in [2.05, 4.69) is 4.90 Å². The van der Waals surface area contributed by atoms with Gasteiger partial charge in [0.25, 0.3) is 5.69 Å². The molecule has 0 spiro atoms. The molecule has 1 aromatic rings. The Kier molecular flexibility index (Phi) is 5.07. The highest BCUT2D eigenvalue weighted by atomic mass is 32.2. The lowest BCUT2D eigenvalue weighted by Gasteiger charge is -2.22. The summed E-state index contributed by atoms with van der Waals surface area (Å²) in [6.07, 6.45) is 0.936. The van der Waals surface area contributed by atoms with Crippen LogP contribution in [0.25, 0.3) is 0 Å². The van der Waals surface area contributed by atoms with Crippen LogP contribution in [0.4, 0.5) is 5.69 Å². The number of benzene rings is 1. The van der Waals surface area contributed by atoms with Crippen LogP contribution in [-0.2, 0) is 10.0 Å². The molecule has 1 fully saturated rings. The Labute approximate surface area is 137 Å². The first kappa shape index (κ1) is 17.8. The fourth-order valence-corrected chi connectivity index (χ4v) is 4.71. The molecule has 128 valence electrons. The third-order valence-electron chi connectivity index (χ3n) is 4.53. The average Bonchev–Trinajstić information content (AvgIpc) is 2.86. The fraction of sp³-hybridized carbons (Fsp3) is 0.600. The maximum Gasteiger partial charge on any atom is 0.289 e. The van der Waals surface area contributed by atoms with Crippen LogP contribution in [-0.4, -0.2) is 56.3 Å². The second-order valence-corrected chi connectivity index (χ2v) is 8.30. The minimum Gasteiger partial charge on any atom is -0.306 e. The predicted molar refractivity (Wildman–Crippen MR) is 88.0 cm³/mol. The maximum absolute atomic E-state index is 12.9. The molecule has 1 aliphatic rings. The number of nitro benzene ring substituents is 1. The highest BCUT2D eigenvalue weighted by Gasteiger charge is 2.34. The van der Waals surface area contributed by atoms with Crippen LogP contribution in [0.15, 0.2) is 17.0 Å². The molecule has 1 saturated heterocycles. The van der Waals surface area contributed by atoms with Gasteiger partial charge in [0.1, 0.15) is 0 Å². The van der Waals surface area contributed by atoms with E-state index in [1.165, 1.54) is 17.4 Å². The zero-order chi connectivity index (χ0) is 17.4. The molecular formula is C15H23N3O4S. The molecule has 0 radical (unpaired) electrons. The summed E-state index contributed by atoms with van der Waals surface area (Å²) in [6.45, 7) is 5.53. The number of aryl methyl sites for hydroxylation is 1. The molecule has 8 heteroatoms. The standard InChI is InChI=1S/C15H23N3O4S/c1-11-5-6-14(18(19)20)15(12(11)2)23(21,22)17(4)10-13-7-8-16(3)9-13/h5-6,13H,7-10H2,1-4H3/t13-/m0/s1. The van der Waals surface area contributed by atoms with E-state index >= 15 is 0 Å². The summed E-state index contributed by atoms with van der Waals surface area (Å²) < 4.78 is 27.1. The smallest absolute Gasteiger partial charge is 0.289 e.